The molecule has 0 aliphatic rings. The Kier molecular flexibility index (Phi) is 3.26. The standard InChI is InChI=1S/C11H10N2OS2/c1-16-9-4-2-8(3-5-9)13-7-6-10(14)12-11(13)15/h2-7H,1H3,(H,12,14,15). The molecule has 0 aliphatic heterocycles. The van der Waals surface area contributed by atoms with Gasteiger partial charge in [0.25, 0.3) is 5.56 Å². The van der Waals surface area contributed by atoms with Crippen molar-refractivity contribution in [1.29, 1.82) is 0 Å². The van der Waals surface area contributed by atoms with E-state index in [0.717, 1.165) is 5.69 Å². The summed E-state index contributed by atoms with van der Waals surface area (Å²) in [5.74, 6) is 0. The highest BCUT2D eigenvalue weighted by molar-refractivity contribution is 7.98. The average Bonchev–Trinajstić information content (AvgIpc) is 2.29. The number of nitrogens with zero attached hydrogens (tertiary/aromatic N) is 1. The molecule has 0 spiro atoms. The van der Waals surface area contributed by atoms with Crippen LogP contribution in [0.15, 0.2) is 46.2 Å². The van der Waals surface area contributed by atoms with Crippen LogP contribution >= 0.6 is 24.0 Å². The van der Waals surface area contributed by atoms with E-state index in [0.29, 0.717) is 4.77 Å². The molecule has 0 atom stereocenters. The van der Waals surface area contributed by atoms with Crippen LogP contribution in [0.1, 0.15) is 0 Å². The zero-order chi connectivity index (χ0) is 11.5. The molecule has 0 radical (unpaired) electrons. The molecule has 82 valence electrons. The summed E-state index contributed by atoms with van der Waals surface area (Å²) in [6.07, 6.45) is 3.70. The minimum atomic E-state index is -0.179. The summed E-state index contributed by atoms with van der Waals surface area (Å²) < 4.78 is 2.17. The van der Waals surface area contributed by atoms with Gasteiger partial charge in [-0.3, -0.25) is 14.3 Å². The Balaban J connectivity index is 2.50. The van der Waals surface area contributed by atoms with Crippen LogP contribution in [0.5, 0.6) is 0 Å². The molecule has 16 heavy (non-hydrogen) atoms. The van der Waals surface area contributed by atoms with E-state index in [1.165, 1.54) is 11.0 Å². The molecule has 0 saturated heterocycles. The van der Waals surface area contributed by atoms with Crippen LogP contribution in [0.2, 0.25) is 0 Å². The minimum absolute atomic E-state index is 0.179. The lowest BCUT2D eigenvalue weighted by Gasteiger charge is -2.06. The van der Waals surface area contributed by atoms with Gasteiger partial charge in [0.2, 0.25) is 0 Å². The Morgan fingerprint density at radius 2 is 1.94 bits per heavy atom. The van der Waals surface area contributed by atoms with Crippen LogP contribution in [0.25, 0.3) is 5.69 Å². The van der Waals surface area contributed by atoms with Crippen LogP contribution < -0.4 is 5.56 Å². The lowest BCUT2D eigenvalue weighted by molar-refractivity contribution is 0.936. The number of H-pyrrole nitrogens is 1. The molecule has 0 saturated carbocycles. The van der Waals surface area contributed by atoms with Gasteiger partial charge in [-0.25, -0.2) is 0 Å². The maximum Gasteiger partial charge on any atom is 0.251 e. The molecule has 3 nitrogen and oxygen atoms in total. The second-order valence-corrected chi connectivity index (χ2v) is 4.44. The zero-order valence-corrected chi connectivity index (χ0v) is 10.3. The average molecular weight is 250 g/mol. The van der Waals surface area contributed by atoms with Gasteiger partial charge in [0.15, 0.2) is 4.77 Å². The van der Waals surface area contributed by atoms with Gasteiger partial charge in [0.1, 0.15) is 0 Å². The fraction of sp³-hybridized carbons (Fsp3) is 0.0909. The van der Waals surface area contributed by atoms with Gasteiger partial charge in [0.05, 0.1) is 0 Å². The number of rotatable bonds is 2. The Bertz CT molecular complexity index is 598. The first kappa shape index (κ1) is 11.2. The third kappa shape index (κ3) is 2.25. The quantitative estimate of drug-likeness (QED) is 0.657. The van der Waals surface area contributed by atoms with Crippen molar-refractivity contribution < 1.29 is 0 Å². The Hall–Kier alpha value is -1.33. The Morgan fingerprint density at radius 3 is 2.50 bits per heavy atom. The fourth-order valence-corrected chi connectivity index (χ4v) is 2.04. The van der Waals surface area contributed by atoms with Gasteiger partial charge in [-0.2, -0.15) is 0 Å². The number of hydrogen-bond donors (Lipinski definition) is 1. The van der Waals surface area contributed by atoms with Gasteiger partial charge in [-0.05, 0) is 42.7 Å². The second kappa shape index (κ2) is 4.67. The molecule has 1 N–H and O–H groups in total. The molecule has 0 amide bonds. The maximum atomic E-state index is 11.0. The Labute approximate surface area is 102 Å². The van der Waals surface area contributed by atoms with Crippen molar-refractivity contribution in [1.82, 2.24) is 9.55 Å². The minimum Gasteiger partial charge on any atom is -0.299 e. The lowest BCUT2D eigenvalue weighted by atomic mass is 10.3. The molecular weight excluding hydrogens is 240 g/mol. The van der Waals surface area contributed by atoms with Gasteiger partial charge >= 0.3 is 0 Å². The van der Waals surface area contributed by atoms with Crippen molar-refractivity contribution in [3.05, 3.63) is 51.7 Å². The number of aromatic amines is 1. The highest BCUT2D eigenvalue weighted by atomic mass is 32.2. The van der Waals surface area contributed by atoms with E-state index in [9.17, 15) is 4.79 Å². The first-order valence-corrected chi connectivity index (χ1v) is 6.30. The van der Waals surface area contributed by atoms with Crippen LogP contribution in [0.4, 0.5) is 0 Å². The first-order chi connectivity index (χ1) is 7.70. The highest BCUT2D eigenvalue weighted by Gasteiger charge is 1.97. The summed E-state index contributed by atoms with van der Waals surface area (Å²) in [5, 5.41) is 0. The predicted octanol–water partition coefficient (Wildman–Crippen LogP) is 2.62. The molecule has 0 fully saturated rings. The summed E-state index contributed by atoms with van der Waals surface area (Å²) in [6.45, 7) is 0. The number of benzene rings is 1. The topological polar surface area (TPSA) is 37.8 Å². The Morgan fingerprint density at radius 1 is 1.25 bits per heavy atom. The number of hydrogen-bond acceptors (Lipinski definition) is 3. The third-order valence-corrected chi connectivity index (χ3v) is 3.22. The van der Waals surface area contributed by atoms with Crippen LogP contribution in [0, 0.1) is 4.77 Å². The lowest BCUT2D eigenvalue weighted by Crippen LogP contribution is -2.09. The smallest absolute Gasteiger partial charge is 0.251 e. The second-order valence-electron chi connectivity index (χ2n) is 3.18. The SMILES string of the molecule is CSc1ccc(-n2ccc(=O)[nH]c2=S)cc1. The fourth-order valence-electron chi connectivity index (χ4n) is 1.36. The first-order valence-electron chi connectivity index (χ1n) is 4.67. The van der Waals surface area contributed by atoms with E-state index >= 15 is 0 Å². The summed E-state index contributed by atoms with van der Waals surface area (Å²) >= 11 is 6.77. The molecule has 0 aliphatic carbocycles. The van der Waals surface area contributed by atoms with Crippen molar-refractivity contribution in [3.8, 4) is 5.69 Å². The summed E-state index contributed by atoms with van der Waals surface area (Å²) in [4.78, 5) is 14.8. The van der Waals surface area contributed by atoms with Crippen LogP contribution in [0.3, 0.4) is 0 Å². The molecule has 5 heteroatoms. The number of nitrogens with one attached hydrogen (secondary N) is 1. The summed E-state index contributed by atoms with van der Waals surface area (Å²) in [6, 6.07) is 9.44. The predicted molar refractivity (Wildman–Crippen MR) is 69.0 cm³/mol. The number of aromatic nitrogens is 2. The van der Waals surface area contributed by atoms with Crippen molar-refractivity contribution in [2.75, 3.05) is 6.26 Å². The van der Waals surface area contributed by atoms with E-state index in [4.69, 9.17) is 12.2 Å². The van der Waals surface area contributed by atoms with Crippen molar-refractivity contribution in [2.45, 2.75) is 4.90 Å². The van der Waals surface area contributed by atoms with Gasteiger partial charge in [-0.15, -0.1) is 11.8 Å². The maximum absolute atomic E-state index is 11.0. The normalized spacial score (nSPS) is 10.3. The van der Waals surface area contributed by atoms with E-state index < -0.39 is 0 Å². The van der Waals surface area contributed by atoms with Crippen molar-refractivity contribution in [2.24, 2.45) is 0 Å². The van der Waals surface area contributed by atoms with E-state index in [-0.39, 0.29) is 5.56 Å². The molecule has 2 rings (SSSR count). The third-order valence-electron chi connectivity index (χ3n) is 2.17. The summed E-state index contributed by atoms with van der Waals surface area (Å²) in [7, 11) is 0. The molecule has 0 bridgehead atoms. The highest BCUT2D eigenvalue weighted by Crippen LogP contribution is 2.16. The van der Waals surface area contributed by atoms with Crippen LogP contribution in [-0.2, 0) is 0 Å². The van der Waals surface area contributed by atoms with Gasteiger partial charge < -0.3 is 0 Å². The molecule has 1 aromatic carbocycles. The van der Waals surface area contributed by atoms with E-state index in [1.54, 1.807) is 22.5 Å². The number of thioether (sulfide) groups is 1. The molecule has 1 aromatic heterocycles. The molecule has 0 unspecified atom stereocenters. The molecule has 2 aromatic rings. The summed E-state index contributed by atoms with van der Waals surface area (Å²) in [5.41, 5.74) is 0.765. The van der Waals surface area contributed by atoms with Gasteiger partial charge in [-0.1, -0.05) is 0 Å². The van der Waals surface area contributed by atoms with E-state index in [2.05, 4.69) is 4.98 Å². The van der Waals surface area contributed by atoms with Crippen molar-refractivity contribution in [3.63, 3.8) is 0 Å². The van der Waals surface area contributed by atoms with Crippen molar-refractivity contribution >= 4 is 24.0 Å². The van der Waals surface area contributed by atoms with E-state index in [1.807, 2.05) is 30.5 Å². The van der Waals surface area contributed by atoms with Gasteiger partial charge in [0, 0.05) is 22.8 Å². The molecular formula is C11H10N2OS2. The van der Waals surface area contributed by atoms with Crippen LogP contribution in [-0.4, -0.2) is 15.8 Å². The monoisotopic (exact) mass is 250 g/mol. The molecule has 1 heterocycles. The zero-order valence-electron chi connectivity index (χ0n) is 8.64. The largest absolute Gasteiger partial charge is 0.299 e.